The van der Waals surface area contributed by atoms with Gasteiger partial charge in [0.25, 0.3) is 5.92 Å². The zero-order valence-corrected chi connectivity index (χ0v) is 7.41. The fraction of sp³-hybridized carbons (Fsp3) is 0.429. The SMILES string of the molecule is CC(=O)c1cnc(C(C)(F)F)s1. The molecule has 0 spiro atoms. The molecule has 0 bridgehead atoms. The second-order valence-electron chi connectivity index (χ2n) is 2.47. The van der Waals surface area contributed by atoms with E-state index in [4.69, 9.17) is 0 Å². The number of hydrogen-bond donors (Lipinski definition) is 0. The first kappa shape index (κ1) is 9.25. The maximum atomic E-state index is 12.6. The summed E-state index contributed by atoms with van der Waals surface area (Å²) in [4.78, 5) is 14.4. The fourth-order valence-electron chi connectivity index (χ4n) is 0.640. The zero-order valence-electron chi connectivity index (χ0n) is 6.60. The molecule has 0 aromatic carbocycles. The van der Waals surface area contributed by atoms with Crippen molar-refractivity contribution in [2.24, 2.45) is 0 Å². The number of rotatable bonds is 2. The molecule has 2 nitrogen and oxygen atoms in total. The number of ketones is 1. The van der Waals surface area contributed by atoms with Crippen LogP contribution in [0.25, 0.3) is 0 Å². The van der Waals surface area contributed by atoms with Crippen molar-refractivity contribution in [3.63, 3.8) is 0 Å². The van der Waals surface area contributed by atoms with Gasteiger partial charge in [-0.25, -0.2) is 4.98 Å². The number of thiazole rings is 1. The number of aromatic nitrogens is 1. The number of carbonyl (C=O) groups excluding carboxylic acids is 1. The Morgan fingerprint density at radius 1 is 1.67 bits per heavy atom. The first-order valence-corrected chi connectivity index (χ1v) is 4.08. The number of carbonyl (C=O) groups is 1. The number of alkyl halides is 2. The second-order valence-corrected chi connectivity index (χ2v) is 3.50. The molecule has 0 amide bonds. The fourth-order valence-corrected chi connectivity index (χ4v) is 1.38. The predicted octanol–water partition coefficient (Wildman–Crippen LogP) is 2.46. The van der Waals surface area contributed by atoms with E-state index in [1.54, 1.807) is 0 Å². The summed E-state index contributed by atoms with van der Waals surface area (Å²) < 4.78 is 25.1. The lowest BCUT2D eigenvalue weighted by Gasteiger charge is -2.03. The monoisotopic (exact) mass is 191 g/mol. The molecule has 0 atom stereocenters. The van der Waals surface area contributed by atoms with Crippen LogP contribution in [0.4, 0.5) is 8.78 Å². The van der Waals surface area contributed by atoms with Gasteiger partial charge in [-0.2, -0.15) is 8.78 Å². The number of halogens is 2. The Bertz CT molecular complexity index is 303. The molecule has 0 saturated heterocycles. The Hall–Kier alpha value is -0.840. The van der Waals surface area contributed by atoms with Crippen molar-refractivity contribution in [1.29, 1.82) is 0 Å². The van der Waals surface area contributed by atoms with Crippen LogP contribution in [0.15, 0.2) is 6.20 Å². The Kier molecular flexibility index (Phi) is 2.23. The third kappa shape index (κ3) is 1.85. The first-order valence-electron chi connectivity index (χ1n) is 3.26. The average molecular weight is 191 g/mol. The quantitative estimate of drug-likeness (QED) is 0.672. The van der Waals surface area contributed by atoms with Crippen LogP contribution in [-0.4, -0.2) is 10.8 Å². The Balaban J connectivity index is 3.00. The molecule has 0 aliphatic carbocycles. The zero-order chi connectivity index (χ0) is 9.35. The molecule has 0 saturated carbocycles. The van der Waals surface area contributed by atoms with E-state index in [1.807, 2.05) is 0 Å². The van der Waals surface area contributed by atoms with Crippen molar-refractivity contribution in [2.45, 2.75) is 19.8 Å². The highest BCUT2D eigenvalue weighted by Gasteiger charge is 2.28. The van der Waals surface area contributed by atoms with E-state index in [-0.39, 0.29) is 15.7 Å². The van der Waals surface area contributed by atoms with Gasteiger partial charge in [0.2, 0.25) is 0 Å². The lowest BCUT2D eigenvalue weighted by atomic mass is 10.4. The molecule has 0 aliphatic heterocycles. The van der Waals surface area contributed by atoms with E-state index in [0.717, 1.165) is 18.3 Å². The number of nitrogens with zero attached hydrogens (tertiary/aromatic N) is 1. The molecule has 0 N–H and O–H groups in total. The van der Waals surface area contributed by atoms with E-state index in [9.17, 15) is 13.6 Å². The largest absolute Gasteiger partial charge is 0.296 e. The summed E-state index contributed by atoms with van der Waals surface area (Å²) in [7, 11) is 0. The molecular formula is C7H7F2NOS. The van der Waals surface area contributed by atoms with E-state index in [2.05, 4.69) is 4.98 Å². The van der Waals surface area contributed by atoms with Crippen molar-refractivity contribution in [1.82, 2.24) is 4.98 Å². The molecule has 0 unspecified atom stereocenters. The van der Waals surface area contributed by atoms with Crippen LogP contribution in [0, 0.1) is 0 Å². The molecule has 66 valence electrons. The van der Waals surface area contributed by atoms with Crippen molar-refractivity contribution in [3.05, 3.63) is 16.1 Å². The Morgan fingerprint density at radius 2 is 2.25 bits per heavy atom. The lowest BCUT2D eigenvalue weighted by molar-refractivity contribution is 0.0172. The third-order valence-electron chi connectivity index (χ3n) is 1.23. The normalized spacial score (nSPS) is 11.7. The van der Waals surface area contributed by atoms with E-state index < -0.39 is 5.92 Å². The second kappa shape index (κ2) is 2.90. The summed E-state index contributed by atoms with van der Waals surface area (Å²) in [5.74, 6) is -3.18. The standard InChI is InChI=1S/C7H7F2NOS/c1-4(11)5-3-10-6(12-5)7(2,8)9/h3H,1-2H3. The smallest absolute Gasteiger partial charge is 0.294 e. The Morgan fingerprint density at radius 3 is 2.50 bits per heavy atom. The van der Waals surface area contributed by atoms with Crippen LogP contribution in [0.1, 0.15) is 28.5 Å². The molecule has 0 aliphatic rings. The van der Waals surface area contributed by atoms with Crippen LogP contribution < -0.4 is 0 Å². The van der Waals surface area contributed by atoms with Crippen LogP contribution in [0.3, 0.4) is 0 Å². The van der Waals surface area contributed by atoms with Crippen LogP contribution in [0.5, 0.6) is 0 Å². The number of hydrogen-bond acceptors (Lipinski definition) is 3. The molecular weight excluding hydrogens is 184 g/mol. The van der Waals surface area contributed by atoms with Crippen molar-refractivity contribution >= 4 is 17.1 Å². The minimum absolute atomic E-state index is 0.233. The summed E-state index contributed by atoms with van der Waals surface area (Å²) in [5, 5.41) is -0.312. The summed E-state index contributed by atoms with van der Waals surface area (Å²) in [6, 6.07) is 0. The van der Waals surface area contributed by atoms with Gasteiger partial charge in [-0.1, -0.05) is 0 Å². The van der Waals surface area contributed by atoms with Gasteiger partial charge in [0, 0.05) is 20.0 Å². The molecule has 5 heteroatoms. The summed E-state index contributed by atoms with van der Waals surface area (Å²) in [6.07, 6.45) is 1.18. The molecule has 12 heavy (non-hydrogen) atoms. The van der Waals surface area contributed by atoms with E-state index >= 15 is 0 Å². The van der Waals surface area contributed by atoms with Crippen LogP contribution in [-0.2, 0) is 5.92 Å². The molecule has 1 heterocycles. The van der Waals surface area contributed by atoms with Crippen molar-refractivity contribution in [3.8, 4) is 0 Å². The van der Waals surface area contributed by atoms with Gasteiger partial charge in [0.05, 0.1) is 4.88 Å². The van der Waals surface area contributed by atoms with Gasteiger partial charge < -0.3 is 0 Å². The minimum Gasteiger partial charge on any atom is -0.294 e. The van der Waals surface area contributed by atoms with Gasteiger partial charge in [-0.15, -0.1) is 11.3 Å². The summed E-state index contributed by atoms with van der Waals surface area (Å²) >= 11 is 0.737. The minimum atomic E-state index is -2.95. The molecule has 1 aromatic rings. The first-order chi connectivity index (χ1) is 5.41. The Labute approximate surface area is 72.2 Å². The van der Waals surface area contributed by atoms with Gasteiger partial charge in [-0.3, -0.25) is 4.79 Å². The topological polar surface area (TPSA) is 30.0 Å². The van der Waals surface area contributed by atoms with Gasteiger partial charge in [0.1, 0.15) is 0 Å². The summed E-state index contributed by atoms with van der Waals surface area (Å²) in [6.45, 7) is 2.08. The molecule has 1 aromatic heterocycles. The highest BCUT2D eigenvalue weighted by molar-refractivity contribution is 7.13. The van der Waals surface area contributed by atoms with Crippen molar-refractivity contribution < 1.29 is 13.6 Å². The maximum absolute atomic E-state index is 12.6. The third-order valence-corrected chi connectivity index (χ3v) is 2.50. The number of Topliss-reactive ketones (excluding diaryl/α,β-unsaturated/α-hetero) is 1. The van der Waals surface area contributed by atoms with Gasteiger partial charge in [-0.05, 0) is 0 Å². The molecule has 0 radical (unpaired) electrons. The predicted molar refractivity (Wildman–Crippen MR) is 41.7 cm³/mol. The summed E-state index contributed by atoms with van der Waals surface area (Å²) in [5.41, 5.74) is 0. The van der Waals surface area contributed by atoms with Crippen LogP contribution in [0.2, 0.25) is 0 Å². The van der Waals surface area contributed by atoms with Gasteiger partial charge in [0.15, 0.2) is 10.8 Å². The van der Waals surface area contributed by atoms with Crippen molar-refractivity contribution in [2.75, 3.05) is 0 Å². The lowest BCUT2D eigenvalue weighted by Crippen LogP contribution is -2.05. The highest BCUT2D eigenvalue weighted by Crippen LogP contribution is 2.30. The van der Waals surface area contributed by atoms with E-state index in [1.165, 1.54) is 13.1 Å². The molecule has 0 fully saturated rings. The maximum Gasteiger partial charge on any atom is 0.296 e. The van der Waals surface area contributed by atoms with Crippen LogP contribution >= 0.6 is 11.3 Å². The molecule has 1 rings (SSSR count). The average Bonchev–Trinajstić information content (AvgIpc) is 2.30. The van der Waals surface area contributed by atoms with E-state index in [0.29, 0.717) is 0 Å². The van der Waals surface area contributed by atoms with Gasteiger partial charge >= 0.3 is 0 Å². The highest BCUT2D eigenvalue weighted by atomic mass is 32.1.